The van der Waals surface area contributed by atoms with Crippen LogP contribution in [0.3, 0.4) is 0 Å². The third-order valence-electron chi connectivity index (χ3n) is 8.87. The number of esters is 2. The summed E-state index contributed by atoms with van der Waals surface area (Å²) in [4.78, 5) is 94.5. The van der Waals surface area contributed by atoms with E-state index in [1.54, 1.807) is 27.7 Å². The number of aliphatic hydroxyl groups excluding tert-OH is 2. The summed E-state index contributed by atoms with van der Waals surface area (Å²) in [5.41, 5.74) is 0. The van der Waals surface area contributed by atoms with Gasteiger partial charge in [0.1, 0.15) is 18.6 Å². The van der Waals surface area contributed by atoms with E-state index in [1.807, 2.05) is 38.2 Å². The van der Waals surface area contributed by atoms with E-state index in [0.29, 0.717) is 25.7 Å². The van der Waals surface area contributed by atoms with Crippen LogP contribution in [0.15, 0.2) is 24.3 Å². The lowest BCUT2D eigenvalue weighted by atomic mass is 10.2. The Balaban J connectivity index is 4.82. The molecule has 0 aromatic rings. The molecule has 0 bridgehead atoms. The molecule has 8 atom stereocenters. The van der Waals surface area contributed by atoms with E-state index in [-0.39, 0.29) is 78.0 Å². The van der Waals surface area contributed by atoms with Crippen molar-refractivity contribution < 1.29 is 94.9 Å². The summed E-state index contributed by atoms with van der Waals surface area (Å²) in [6, 6.07) is -1.90. The second kappa shape index (κ2) is 39.0. The molecule has 0 fully saturated rings. The first kappa shape index (κ1) is 65.4. The summed E-state index contributed by atoms with van der Waals surface area (Å²) >= 11 is 0. The molecule has 26 heteroatoms. The summed E-state index contributed by atoms with van der Waals surface area (Å²) in [5.74, 6) is -3.63. The number of carbonyl (C=O) groups is 6. The zero-order chi connectivity index (χ0) is 52.1. The third-order valence-corrected chi connectivity index (χ3v) is 10.8. The molecule has 0 aliphatic carbocycles. The average molecular weight is 1030 g/mol. The lowest BCUT2D eigenvalue weighted by molar-refractivity contribution is -0.151. The maximum Gasteiger partial charge on any atom is 0.472 e. The Morgan fingerprint density at radius 3 is 1.28 bits per heavy atom. The first-order valence-corrected chi connectivity index (χ1v) is 26.0. The van der Waals surface area contributed by atoms with Gasteiger partial charge in [-0.25, -0.2) is 9.13 Å². The van der Waals surface area contributed by atoms with Crippen molar-refractivity contribution in [2.45, 2.75) is 149 Å². The number of allylic oxidation sites excluding steroid dienone is 4. The summed E-state index contributed by atoms with van der Waals surface area (Å²) in [6.45, 7) is 7.08. The Labute approximate surface area is 405 Å². The van der Waals surface area contributed by atoms with E-state index >= 15 is 0 Å². The molecule has 0 heterocycles. The molecule has 24 nitrogen and oxygen atoms in total. The van der Waals surface area contributed by atoms with Crippen LogP contribution in [0.4, 0.5) is 0 Å². The molecule has 0 aliphatic heterocycles. The van der Waals surface area contributed by atoms with E-state index in [0.717, 1.165) is 0 Å². The van der Waals surface area contributed by atoms with Crippen LogP contribution < -0.4 is 21.3 Å². The predicted molar refractivity (Wildman–Crippen MR) is 250 cm³/mol. The summed E-state index contributed by atoms with van der Waals surface area (Å²) < 4.78 is 66.5. The molecule has 0 spiro atoms. The van der Waals surface area contributed by atoms with E-state index in [1.165, 1.54) is 0 Å². The number of nitrogens with one attached hydrogen (secondary N) is 4. The van der Waals surface area contributed by atoms with Gasteiger partial charge in [0.2, 0.25) is 23.6 Å². The Morgan fingerprint density at radius 2 is 0.928 bits per heavy atom. The number of aliphatic hydroxyl groups is 2. The van der Waals surface area contributed by atoms with E-state index in [9.17, 15) is 57.9 Å². The zero-order valence-electron chi connectivity index (χ0n) is 40.8. The first-order chi connectivity index (χ1) is 32.6. The van der Waals surface area contributed by atoms with E-state index in [2.05, 4.69) is 21.3 Å². The fraction of sp³-hybridized carbons (Fsp3) is 0.767. The highest BCUT2D eigenvalue weighted by Gasteiger charge is 2.27. The minimum atomic E-state index is -4.74. The molecular formula is C43H78N4O20P2. The van der Waals surface area contributed by atoms with Crippen LogP contribution >= 0.6 is 15.6 Å². The van der Waals surface area contributed by atoms with Crippen molar-refractivity contribution in [2.75, 3.05) is 65.9 Å². The summed E-state index contributed by atoms with van der Waals surface area (Å²) in [6.07, 6.45) is 7.20. The maximum absolute atomic E-state index is 12.7. The van der Waals surface area contributed by atoms with Gasteiger partial charge >= 0.3 is 27.6 Å². The third kappa shape index (κ3) is 40.8. The van der Waals surface area contributed by atoms with Gasteiger partial charge in [-0.15, -0.1) is 0 Å². The van der Waals surface area contributed by atoms with Crippen LogP contribution in [0.25, 0.3) is 0 Å². The smallest absolute Gasteiger partial charge is 0.462 e. The van der Waals surface area contributed by atoms with Gasteiger partial charge in [0, 0.05) is 39.1 Å². The molecule has 4 amide bonds. The summed E-state index contributed by atoms with van der Waals surface area (Å²) in [7, 11) is -9.47. The van der Waals surface area contributed by atoms with Crippen LogP contribution in [-0.2, 0) is 74.9 Å². The topological polar surface area (TPSA) is 339 Å². The zero-order valence-corrected chi connectivity index (χ0v) is 42.6. The van der Waals surface area contributed by atoms with Crippen molar-refractivity contribution in [2.24, 2.45) is 0 Å². The molecule has 400 valence electrons. The van der Waals surface area contributed by atoms with Crippen LogP contribution in [0.1, 0.15) is 112 Å². The minimum absolute atomic E-state index is 0.111. The van der Waals surface area contributed by atoms with Crippen molar-refractivity contribution in [3.8, 4) is 0 Å². The number of hydrogen-bond acceptors (Lipinski definition) is 18. The van der Waals surface area contributed by atoms with E-state index in [4.69, 9.17) is 37.0 Å². The molecular weight excluding hydrogens is 954 g/mol. The molecule has 4 unspecified atom stereocenters. The average Bonchev–Trinajstić information content (AvgIpc) is 3.25. The van der Waals surface area contributed by atoms with Crippen molar-refractivity contribution in [1.29, 1.82) is 0 Å². The van der Waals surface area contributed by atoms with Gasteiger partial charge in [0.25, 0.3) is 0 Å². The monoisotopic (exact) mass is 1030 g/mol. The number of rotatable bonds is 42. The fourth-order valence-electron chi connectivity index (χ4n) is 5.45. The van der Waals surface area contributed by atoms with Crippen LogP contribution in [-0.4, -0.2) is 158 Å². The minimum Gasteiger partial charge on any atom is -0.462 e. The summed E-state index contributed by atoms with van der Waals surface area (Å²) in [5, 5.41) is 28.8. The molecule has 0 radical (unpaired) electrons. The van der Waals surface area contributed by atoms with Gasteiger partial charge < -0.3 is 60.2 Å². The standard InChI is InChI=1S/C43H78N4O20P2/c1-7-9-11-13-15-42(54)66-34(5)25-40(52)46-36(28-60-21-17-32(3)48)30-64-68(56,57)62-23-19-44-38(50)27-39(51)45-20-24-63-69(58,59)65-31-37(29-61-22-18-33(4)49)47-41(53)26-35(6)67-43(55)16-14-12-10-8-2/h7-10,32-37,48-49H,11-31H2,1-6H3,(H,44,50)(H,45,51)(H,46,52)(H,47,53)(H,56,57)(H,58,59)/b9-7-,10-8-/t32-,33-,34-,35-,36?,37?/m1/s1. The van der Waals surface area contributed by atoms with Crippen molar-refractivity contribution in [1.82, 2.24) is 21.3 Å². The highest BCUT2D eigenvalue weighted by atomic mass is 31.2. The number of amides is 4. The number of carbonyl (C=O) groups excluding carboxylic acids is 6. The molecule has 0 saturated carbocycles. The Kier molecular flexibility index (Phi) is 37.0. The van der Waals surface area contributed by atoms with Gasteiger partial charge in [-0.05, 0) is 80.1 Å². The molecule has 69 heavy (non-hydrogen) atoms. The van der Waals surface area contributed by atoms with Crippen molar-refractivity contribution in [3.63, 3.8) is 0 Å². The molecule has 0 saturated heterocycles. The van der Waals surface area contributed by atoms with Crippen LogP contribution in [0.2, 0.25) is 0 Å². The van der Waals surface area contributed by atoms with Crippen LogP contribution in [0, 0.1) is 0 Å². The Bertz CT molecular complexity index is 1540. The molecule has 0 aromatic heterocycles. The molecule has 0 rings (SSSR count). The number of phosphoric acid groups is 2. The molecule has 0 aromatic carbocycles. The van der Waals surface area contributed by atoms with E-state index < -0.39 is 121 Å². The molecule has 8 N–H and O–H groups in total. The van der Waals surface area contributed by atoms with Gasteiger partial charge in [-0.1, -0.05) is 24.3 Å². The lowest BCUT2D eigenvalue weighted by Crippen LogP contribution is -2.42. The first-order valence-electron chi connectivity index (χ1n) is 23.0. The highest BCUT2D eigenvalue weighted by molar-refractivity contribution is 7.47. The quantitative estimate of drug-likeness (QED) is 0.0143. The number of phosphoric ester groups is 2. The predicted octanol–water partition coefficient (Wildman–Crippen LogP) is 2.56. The van der Waals surface area contributed by atoms with Crippen LogP contribution in [0.5, 0.6) is 0 Å². The van der Waals surface area contributed by atoms with Gasteiger partial charge in [-0.3, -0.25) is 46.9 Å². The molecule has 0 aliphatic rings. The Hall–Kier alpha value is -3.64. The normalized spacial score (nSPS) is 16.0. The number of ether oxygens (including phenoxy) is 4. The second-order valence-electron chi connectivity index (χ2n) is 16.0. The number of unbranched alkanes of at least 4 members (excludes halogenated alkanes) is 2. The van der Waals surface area contributed by atoms with Crippen molar-refractivity contribution >= 4 is 51.2 Å². The van der Waals surface area contributed by atoms with Crippen molar-refractivity contribution in [3.05, 3.63) is 24.3 Å². The van der Waals surface area contributed by atoms with Gasteiger partial charge in [0.05, 0.1) is 76.8 Å². The fourth-order valence-corrected chi connectivity index (χ4v) is 6.98. The second-order valence-corrected chi connectivity index (χ2v) is 18.9. The van der Waals surface area contributed by atoms with Gasteiger partial charge in [-0.2, -0.15) is 0 Å². The lowest BCUT2D eigenvalue weighted by Gasteiger charge is -2.22. The SMILES string of the molecule is C/C=C\CCCC(=O)O[C@H](C)CC(=O)NC(COCC[C@@H](C)O)COP(=O)(O)OCCNC(=O)CC(=O)NCCOP(=O)(O)OCC(COCC[C@@H](C)O)NC(=O)C[C@@H](C)OC(=O)CCC/C=C\C. The Morgan fingerprint density at radius 1 is 0.551 bits per heavy atom. The largest absolute Gasteiger partial charge is 0.472 e. The maximum atomic E-state index is 12.7. The van der Waals surface area contributed by atoms with Gasteiger partial charge in [0.15, 0.2) is 0 Å². The highest BCUT2D eigenvalue weighted by Crippen LogP contribution is 2.43. The number of hydrogen-bond donors (Lipinski definition) is 8.